The minimum absolute atomic E-state index is 0.679. The highest BCUT2D eigenvalue weighted by Crippen LogP contribution is 2.41. The van der Waals surface area contributed by atoms with E-state index >= 15 is 0 Å². The molecule has 2 fully saturated rings. The molecule has 0 atom stereocenters. The van der Waals surface area contributed by atoms with Crippen molar-refractivity contribution in [3.8, 4) is 0 Å². The van der Waals surface area contributed by atoms with E-state index in [2.05, 4.69) is 5.32 Å². The Morgan fingerprint density at radius 2 is 1.70 bits per heavy atom. The number of hydrogen-bond acceptors (Lipinski definition) is 1. The quantitative estimate of drug-likeness (QED) is 0.546. The van der Waals surface area contributed by atoms with Crippen molar-refractivity contribution in [1.29, 1.82) is 0 Å². The van der Waals surface area contributed by atoms with Crippen molar-refractivity contribution < 1.29 is 0 Å². The summed E-state index contributed by atoms with van der Waals surface area (Å²) in [5.41, 5.74) is 0.679. The first kappa shape index (κ1) is 8.06. The second-order valence-electron chi connectivity index (χ2n) is 3.16. The van der Waals surface area contributed by atoms with E-state index in [-0.39, 0.29) is 0 Å². The predicted molar refractivity (Wildman–Crippen MR) is 45.2 cm³/mol. The van der Waals surface area contributed by atoms with E-state index in [1.165, 1.54) is 38.6 Å². The van der Waals surface area contributed by atoms with Crippen LogP contribution in [0, 0.1) is 0 Å². The Hall–Kier alpha value is -0.0400. The summed E-state index contributed by atoms with van der Waals surface area (Å²) in [5, 5.41) is 3.57. The molecule has 1 heteroatoms. The van der Waals surface area contributed by atoms with E-state index in [0.717, 1.165) is 0 Å². The van der Waals surface area contributed by atoms with Gasteiger partial charge >= 0.3 is 0 Å². The lowest BCUT2D eigenvalue weighted by Crippen LogP contribution is -2.35. The SMILES string of the molecule is C1CCC2(CC2)NC1.CC. The third-order valence-electron chi connectivity index (χ3n) is 2.44. The Labute approximate surface area is 64.2 Å². The van der Waals surface area contributed by atoms with Gasteiger partial charge in [-0.05, 0) is 32.2 Å². The molecule has 0 aromatic heterocycles. The molecule has 1 saturated carbocycles. The first-order valence-corrected chi connectivity index (χ1v) is 4.66. The maximum atomic E-state index is 3.57. The van der Waals surface area contributed by atoms with Gasteiger partial charge in [0.1, 0.15) is 0 Å². The summed E-state index contributed by atoms with van der Waals surface area (Å²) in [5.74, 6) is 0. The van der Waals surface area contributed by atoms with Crippen LogP contribution >= 0.6 is 0 Å². The topological polar surface area (TPSA) is 12.0 Å². The summed E-state index contributed by atoms with van der Waals surface area (Å²) >= 11 is 0. The molecule has 1 aliphatic heterocycles. The molecule has 2 rings (SSSR count). The third kappa shape index (κ3) is 1.72. The number of rotatable bonds is 0. The summed E-state index contributed by atoms with van der Waals surface area (Å²) in [4.78, 5) is 0. The molecule has 0 unspecified atom stereocenters. The molecule has 1 N–H and O–H groups in total. The van der Waals surface area contributed by atoms with Gasteiger partial charge in [0.05, 0.1) is 0 Å². The number of nitrogens with one attached hydrogen (secondary N) is 1. The molecular weight excluding hydrogens is 122 g/mol. The maximum absolute atomic E-state index is 3.57. The average molecular weight is 141 g/mol. The van der Waals surface area contributed by atoms with Gasteiger partial charge in [-0.25, -0.2) is 0 Å². The van der Waals surface area contributed by atoms with Crippen LogP contribution in [0.5, 0.6) is 0 Å². The summed E-state index contributed by atoms with van der Waals surface area (Å²) < 4.78 is 0. The maximum Gasteiger partial charge on any atom is 0.0182 e. The highest BCUT2D eigenvalue weighted by molar-refractivity contribution is 5.03. The van der Waals surface area contributed by atoms with Crippen LogP contribution in [-0.2, 0) is 0 Å². The van der Waals surface area contributed by atoms with E-state index in [9.17, 15) is 0 Å². The van der Waals surface area contributed by atoms with E-state index < -0.39 is 0 Å². The highest BCUT2D eigenvalue weighted by Gasteiger charge is 2.42. The Balaban J connectivity index is 0.000000231. The molecule has 0 bridgehead atoms. The fourth-order valence-electron chi connectivity index (χ4n) is 1.61. The van der Waals surface area contributed by atoms with E-state index in [1.807, 2.05) is 13.8 Å². The van der Waals surface area contributed by atoms with E-state index in [1.54, 1.807) is 0 Å². The van der Waals surface area contributed by atoms with Crippen molar-refractivity contribution in [2.24, 2.45) is 0 Å². The van der Waals surface area contributed by atoms with Gasteiger partial charge < -0.3 is 5.32 Å². The lowest BCUT2D eigenvalue weighted by Gasteiger charge is -2.22. The second-order valence-corrected chi connectivity index (χ2v) is 3.16. The van der Waals surface area contributed by atoms with Gasteiger partial charge in [-0.15, -0.1) is 0 Å². The van der Waals surface area contributed by atoms with Crippen molar-refractivity contribution in [3.05, 3.63) is 0 Å². The highest BCUT2D eigenvalue weighted by atomic mass is 15.0. The number of hydrogen-bond donors (Lipinski definition) is 1. The smallest absolute Gasteiger partial charge is 0.0182 e. The minimum Gasteiger partial charge on any atom is -0.311 e. The largest absolute Gasteiger partial charge is 0.311 e. The molecule has 0 amide bonds. The van der Waals surface area contributed by atoms with Gasteiger partial charge in [-0.1, -0.05) is 20.3 Å². The minimum atomic E-state index is 0.679. The van der Waals surface area contributed by atoms with Gasteiger partial charge in [0, 0.05) is 5.54 Å². The van der Waals surface area contributed by atoms with Gasteiger partial charge in [-0.3, -0.25) is 0 Å². The fraction of sp³-hybridized carbons (Fsp3) is 1.00. The molecule has 10 heavy (non-hydrogen) atoms. The summed E-state index contributed by atoms with van der Waals surface area (Å²) in [6, 6.07) is 0. The van der Waals surface area contributed by atoms with Crippen LogP contribution in [0.1, 0.15) is 46.0 Å². The van der Waals surface area contributed by atoms with Crippen LogP contribution in [0.15, 0.2) is 0 Å². The first-order chi connectivity index (χ1) is 4.91. The molecule has 60 valence electrons. The molecule has 0 radical (unpaired) electrons. The monoisotopic (exact) mass is 141 g/mol. The van der Waals surface area contributed by atoms with Crippen molar-refractivity contribution in [2.45, 2.75) is 51.5 Å². The first-order valence-electron chi connectivity index (χ1n) is 4.66. The molecule has 0 aromatic rings. The lowest BCUT2D eigenvalue weighted by molar-refractivity contribution is 0.385. The van der Waals surface area contributed by atoms with Gasteiger partial charge in [0.2, 0.25) is 0 Å². The Morgan fingerprint density at radius 3 is 2.00 bits per heavy atom. The van der Waals surface area contributed by atoms with Crippen LogP contribution in [0.3, 0.4) is 0 Å². The van der Waals surface area contributed by atoms with Crippen LogP contribution in [0.4, 0.5) is 0 Å². The van der Waals surface area contributed by atoms with Crippen LogP contribution < -0.4 is 5.32 Å². The Bertz CT molecular complexity index is 86.9. The van der Waals surface area contributed by atoms with E-state index in [4.69, 9.17) is 0 Å². The number of piperidine rings is 1. The van der Waals surface area contributed by atoms with Crippen LogP contribution in [0.2, 0.25) is 0 Å². The van der Waals surface area contributed by atoms with Crippen molar-refractivity contribution in [2.75, 3.05) is 6.54 Å². The van der Waals surface area contributed by atoms with Crippen LogP contribution in [0.25, 0.3) is 0 Å². The van der Waals surface area contributed by atoms with Crippen LogP contribution in [-0.4, -0.2) is 12.1 Å². The molecule has 1 spiro atoms. The van der Waals surface area contributed by atoms with Crippen molar-refractivity contribution in [1.82, 2.24) is 5.32 Å². The average Bonchev–Trinajstić information content (AvgIpc) is 2.75. The van der Waals surface area contributed by atoms with Gasteiger partial charge in [-0.2, -0.15) is 0 Å². The van der Waals surface area contributed by atoms with Crippen molar-refractivity contribution in [3.63, 3.8) is 0 Å². The summed E-state index contributed by atoms with van der Waals surface area (Å²) in [6.45, 7) is 5.28. The molecule has 1 saturated heterocycles. The lowest BCUT2D eigenvalue weighted by atomic mass is 10.0. The zero-order chi connectivity index (χ0) is 7.45. The molecule has 0 aromatic carbocycles. The van der Waals surface area contributed by atoms with E-state index in [0.29, 0.717) is 5.54 Å². The zero-order valence-corrected chi connectivity index (χ0v) is 7.24. The van der Waals surface area contributed by atoms with Gasteiger partial charge in [0.15, 0.2) is 0 Å². The standard InChI is InChI=1S/C7H13N.C2H6/c1-2-6-8-7(3-1)4-5-7;1-2/h8H,1-6H2;1-2H3. The summed E-state index contributed by atoms with van der Waals surface area (Å²) in [6.07, 6.45) is 7.22. The van der Waals surface area contributed by atoms with Crippen molar-refractivity contribution >= 4 is 0 Å². The second kappa shape index (κ2) is 3.38. The Morgan fingerprint density at radius 1 is 1.00 bits per heavy atom. The molecule has 1 aliphatic carbocycles. The molecular formula is C9H19N. The summed E-state index contributed by atoms with van der Waals surface area (Å²) in [7, 11) is 0. The fourth-order valence-corrected chi connectivity index (χ4v) is 1.61. The normalized spacial score (nSPS) is 27.0. The molecule has 1 heterocycles. The predicted octanol–water partition coefficient (Wildman–Crippen LogP) is 2.32. The zero-order valence-electron chi connectivity index (χ0n) is 7.24. The molecule has 1 nitrogen and oxygen atoms in total. The van der Waals surface area contributed by atoms with Gasteiger partial charge in [0.25, 0.3) is 0 Å². The third-order valence-corrected chi connectivity index (χ3v) is 2.44. The Kier molecular flexibility index (Phi) is 2.72. The molecule has 2 aliphatic rings.